The highest BCUT2D eigenvalue weighted by Gasteiger charge is 2.20. The summed E-state index contributed by atoms with van der Waals surface area (Å²) in [7, 11) is 3.76. The Morgan fingerprint density at radius 1 is 1.37 bits per heavy atom. The van der Waals surface area contributed by atoms with Crippen LogP contribution in [-0.2, 0) is 18.3 Å². The molecule has 1 aromatic rings. The molecule has 1 amide bonds. The smallest absolute Gasteiger partial charge is 0.410 e. The zero-order chi connectivity index (χ0) is 19.7. The fourth-order valence-electron chi connectivity index (χ4n) is 2.38. The van der Waals surface area contributed by atoms with Gasteiger partial charge in [0.05, 0.1) is 6.54 Å². The molecule has 0 aromatic carbocycles. The largest absolute Gasteiger partial charge is 0.444 e. The molecule has 27 heavy (non-hydrogen) atoms. The van der Waals surface area contributed by atoms with Crippen LogP contribution < -0.4 is 10.6 Å². The molecule has 1 heterocycles. The third kappa shape index (κ3) is 11.1. The molecule has 8 heteroatoms. The highest BCUT2D eigenvalue weighted by atomic mass is 127. The molecule has 2 N–H and O–H groups in total. The van der Waals surface area contributed by atoms with Crippen LogP contribution in [0, 0.1) is 5.92 Å². The SMILES string of the molecule is CCNC(=NCc1ccn(C)c1)NCC(C)CN(C)C(=O)OC(C)(C)C.I. The number of hydrogen-bond donors (Lipinski definition) is 2. The minimum Gasteiger partial charge on any atom is -0.444 e. The first kappa shape index (κ1) is 25.6. The first-order valence-electron chi connectivity index (χ1n) is 9.18. The van der Waals surface area contributed by atoms with Crippen LogP contribution in [0.25, 0.3) is 0 Å². The van der Waals surface area contributed by atoms with Gasteiger partial charge in [-0.25, -0.2) is 9.79 Å². The maximum Gasteiger partial charge on any atom is 0.410 e. The molecular formula is C19H36IN5O2. The van der Waals surface area contributed by atoms with Crippen molar-refractivity contribution in [3.63, 3.8) is 0 Å². The van der Waals surface area contributed by atoms with E-state index in [-0.39, 0.29) is 36.0 Å². The molecule has 0 aliphatic carbocycles. The molecule has 0 saturated heterocycles. The Labute approximate surface area is 180 Å². The fourth-order valence-corrected chi connectivity index (χ4v) is 2.38. The maximum absolute atomic E-state index is 12.0. The molecule has 0 fully saturated rings. The lowest BCUT2D eigenvalue weighted by Crippen LogP contribution is -2.42. The topological polar surface area (TPSA) is 70.9 Å². The maximum atomic E-state index is 12.0. The number of amides is 1. The van der Waals surface area contributed by atoms with Gasteiger partial charge in [0.25, 0.3) is 0 Å². The van der Waals surface area contributed by atoms with E-state index in [2.05, 4.69) is 34.8 Å². The summed E-state index contributed by atoms with van der Waals surface area (Å²) < 4.78 is 7.40. The van der Waals surface area contributed by atoms with Crippen molar-refractivity contribution in [2.24, 2.45) is 18.0 Å². The molecule has 156 valence electrons. The van der Waals surface area contributed by atoms with Crippen molar-refractivity contribution in [1.82, 2.24) is 20.1 Å². The molecule has 0 aliphatic heterocycles. The van der Waals surface area contributed by atoms with E-state index in [1.165, 1.54) is 5.56 Å². The summed E-state index contributed by atoms with van der Waals surface area (Å²) in [5.41, 5.74) is 0.692. The summed E-state index contributed by atoms with van der Waals surface area (Å²) in [6, 6.07) is 2.06. The van der Waals surface area contributed by atoms with Crippen molar-refractivity contribution in [1.29, 1.82) is 0 Å². The van der Waals surface area contributed by atoms with Gasteiger partial charge in [0, 0.05) is 46.1 Å². The first-order valence-corrected chi connectivity index (χ1v) is 9.18. The highest BCUT2D eigenvalue weighted by molar-refractivity contribution is 14.0. The number of nitrogens with one attached hydrogen (secondary N) is 2. The van der Waals surface area contributed by atoms with Gasteiger partial charge in [-0.3, -0.25) is 0 Å². The van der Waals surface area contributed by atoms with Gasteiger partial charge in [0.15, 0.2) is 5.96 Å². The van der Waals surface area contributed by atoms with Crippen molar-refractivity contribution < 1.29 is 9.53 Å². The molecule has 0 spiro atoms. The Balaban J connectivity index is 0.00000676. The molecule has 0 radical (unpaired) electrons. The minimum absolute atomic E-state index is 0. The van der Waals surface area contributed by atoms with Crippen LogP contribution in [0.2, 0.25) is 0 Å². The summed E-state index contributed by atoms with van der Waals surface area (Å²) in [5.74, 6) is 1.04. The second-order valence-electron chi connectivity index (χ2n) is 7.73. The highest BCUT2D eigenvalue weighted by Crippen LogP contribution is 2.10. The number of aliphatic imine (C=N–C) groups is 1. The number of carbonyl (C=O) groups excluding carboxylic acids is 1. The fraction of sp³-hybridized carbons (Fsp3) is 0.684. The van der Waals surface area contributed by atoms with E-state index in [9.17, 15) is 4.79 Å². The van der Waals surface area contributed by atoms with E-state index in [1.807, 2.05) is 45.5 Å². The molecule has 7 nitrogen and oxygen atoms in total. The molecule has 1 atom stereocenters. The number of guanidine groups is 1. The van der Waals surface area contributed by atoms with Crippen molar-refractivity contribution in [2.75, 3.05) is 26.7 Å². The van der Waals surface area contributed by atoms with Gasteiger partial charge in [-0.05, 0) is 45.2 Å². The van der Waals surface area contributed by atoms with Gasteiger partial charge in [0.2, 0.25) is 0 Å². The summed E-state index contributed by atoms with van der Waals surface area (Å²) in [6.07, 6.45) is 3.78. The Hall–Kier alpha value is -1.45. The van der Waals surface area contributed by atoms with Crippen LogP contribution in [0.4, 0.5) is 4.79 Å². The molecule has 0 aliphatic rings. The number of aryl methyl sites for hydroxylation is 1. The zero-order valence-corrected chi connectivity index (χ0v) is 20.0. The third-order valence-corrected chi connectivity index (χ3v) is 3.57. The van der Waals surface area contributed by atoms with Crippen molar-refractivity contribution in [2.45, 2.75) is 46.8 Å². The Morgan fingerprint density at radius 2 is 2.04 bits per heavy atom. The van der Waals surface area contributed by atoms with Crippen LogP contribution in [-0.4, -0.2) is 53.8 Å². The molecule has 0 saturated carbocycles. The lowest BCUT2D eigenvalue weighted by atomic mass is 10.1. The van der Waals surface area contributed by atoms with Gasteiger partial charge in [-0.2, -0.15) is 0 Å². The number of carbonyl (C=O) groups is 1. The molecule has 1 unspecified atom stereocenters. The van der Waals surface area contributed by atoms with Gasteiger partial charge in [0.1, 0.15) is 5.60 Å². The lowest BCUT2D eigenvalue weighted by molar-refractivity contribution is 0.0278. The van der Waals surface area contributed by atoms with E-state index < -0.39 is 5.60 Å². The second-order valence-corrected chi connectivity index (χ2v) is 7.73. The number of halogens is 1. The van der Waals surface area contributed by atoms with Gasteiger partial charge in [-0.15, -0.1) is 24.0 Å². The van der Waals surface area contributed by atoms with Crippen molar-refractivity contribution in [3.8, 4) is 0 Å². The zero-order valence-electron chi connectivity index (χ0n) is 17.7. The van der Waals surface area contributed by atoms with Crippen LogP contribution in [0.5, 0.6) is 0 Å². The van der Waals surface area contributed by atoms with Gasteiger partial charge in [-0.1, -0.05) is 6.92 Å². The van der Waals surface area contributed by atoms with E-state index in [0.717, 1.165) is 12.5 Å². The van der Waals surface area contributed by atoms with Crippen molar-refractivity contribution >= 4 is 36.0 Å². The Morgan fingerprint density at radius 3 is 2.56 bits per heavy atom. The number of rotatable bonds is 7. The molecule has 1 rings (SSSR count). The second kappa shape index (κ2) is 12.1. The minimum atomic E-state index is -0.477. The van der Waals surface area contributed by atoms with Gasteiger partial charge < -0.3 is 24.8 Å². The van der Waals surface area contributed by atoms with E-state index in [4.69, 9.17) is 4.74 Å². The van der Waals surface area contributed by atoms with Crippen LogP contribution >= 0.6 is 24.0 Å². The molecule has 0 bridgehead atoms. The van der Waals surface area contributed by atoms with Crippen LogP contribution in [0.3, 0.4) is 0 Å². The average molecular weight is 493 g/mol. The standard InChI is InChI=1S/C19H35N5O2.HI/c1-8-20-17(22-12-16-9-10-23(6)14-16)21-11-15(2)13-24(7)18(25)26-19(3,4)5;/h9-10,14-15H,8,11-13H2,1-7H3,(H2,20,21,22);1H. The van der Waals surface area contributed by atoms with Crippen LogP contribution in [0.15, 0.2) is 23.5 Å². The lowest BCUT2D eigenvalue weighted by Gasteiger charge is -2.26. The van der Waals surface area contributed by atoms with Gasteiger partial charge >= 0.3 is 6.09 Å². The third-order valence-electron chi connectivity index (χ3n) is 3.57. The predicted octanol–water partition coefficient (Wildman–Crippen LogP) is 3.20. The number of hydrogen-bond acceptors (Lipinski definition) is 3. The summed E-state index contributed by atoms with van der Waals surface area (Å²) >= 11 is 0. The van der Waals surface area contributed by atoms with Crippen LogP contribution in [0.1, 0.15) is 40.2 Å². The normalized spacial score (nSPS) is 12.8. The summed E-state index contributed by atoms with van der Waals surface area (Å²) in [6.45, 7) is 12.5. The Kier molecular flexibility index (Phi) is 11.4. The average Bonchev–Trinajstić information content (AvgIpc) is 2.94. The summed E-state index contributed by atoms with van der Waals surface area (Å²) in [4.78, 5) is 18.3. The summed E-state index contributed by atoms with van der Waals surface area (Å²) in [5, 5.41) is 6.59. The number of aromatic nitrogens is 1. The first-order chi connectivity index (χ1) is 12.1. The molecular weight excluding hydrogens is 457 g/mol. The number of nitrogens with zero attached hydrogens (tertiary/aromatic N) is 3. The van der Waals surface area contributed by atoms with E-state index in [0.29, 0.717) is 19.6 Å². The quantitative estimate of drug-likeness (QED) is 0.348. The predicted molar refractivity (Wildman–Crippen MR) is 122 cm³/mol. The monoisotopic (exact) mass is 493 g/mol. The Bertz CT molecular complexity index is 595. The van der Waals surface area contributed by atoms with E-state index in [1.54, 1.807) is 11.9 Å². The van der Waals surface area contributed by atoms with Crippen molar-refractivity contribution in [3.05, 3.63) is 24.0 Å². The van der Waals surface area contributed by atoms with E-state index >= 15 is 0 Å². The number of ether oxygens (including phenoxy) is 1. The molecule has 1 aromatic heterocycles.